The highest BCUT2D eigenvalue weighted by molar-refractivity contribution is 7.99. The van der Waals surface area contributed by atoms with Crippen LogP contribution < -0.4 is 5.32 Å². The molecule has 0 bridgehead atoms. The van der Waals surface area contributed by atoms with Crippen LogP contribution in [0.1, 0.15) is 24.3 Å². The van der Waals surface area contributed by atoms with Crippen molar-refractivity contribution < 1.29 is 8.42 Å². The molecule has 1 aromatic rings. The fourth-order valence-corrected chi connectivity index (χ4v) is 6.27. The molecule has 1 N–H and O–H groups in total. The van der Waals surface area contributed by atoms with E-state index in [2.05, 4.69) is 19.2 Å². The lowest BCUT2D eigenvalue weighted by Crippen LogP contribution is -2.37. The van der Waals surface area contributed by atoms with E-state index in [-0.39, 0.29) is 0 Å². The Kier molecular flexibility index (Phi) is 5.53. The third kappa shape index (κ3) is 3.76. The van der Waals surface area contributed by atoms with Gasteiger partial charge in [0.25, 0.3) is 10.0 Å². The number of nitrogens with zero attached hydrogens (tertiary/aromatic N) is 1. The van der Waals surface area contributed by atoms with Crippen LogP contribution in [0.15, 0.2) is 10.3 Å². The highest BCUT2D eigenvalue weighted by Gasteiger charge is 2.28. The molecule has 0 aliphatic carbocycles. The summed E-state index contributed by atoms with van der Waals surface area (Å²) in [4.78, 5) is 1.11. The predicted molar refractivity (Wildman–Crippen MR) is 87.1 cm³/mol. The summed E-state index contributed by atoms with van der Waals surface area (Å²) in [5, 5.41) is 3.35. The van der Waals surface area contributed by atoms with E-state index in [4.69, 9.17) is 0 Å². The zero-order valence-corrected chi connectivity index (χ0v) is 14.6. The Hall–Kier alpha value is -0.0800. The van der Waals surface area contributed by atoms with Crippen LogP contribution in [0.2, 0.25) is 0 Å². The zero-order chi connectivity index (χ0) is 14.8. The van der Waals surface area contributed by atoms with E-state index in [0.717, 1.165) is 28.5 Å². The standard InChI is InChI=1S/C13H22N2O2S3/c1-10(2)14-9-12-11(3)8-13(19-12)20(16,17)15-4-6-18-7-5-15/h8,10,14H,4-7,9H2,1-3H3. The molecule has 20 heavy (non-hydrogen) atoms. The quantitative estimate of drug-likeness (QED) is 0.897. The summed E-state index contributed by atoms with van der Waals surface area (Å²) in [6, 6.07) is 2.22. The van der Waals surface area contributed by atoms with Crippen LogP contribution in [-0.2, 0) is 16.6 Å². The minimum absolute atomic E-state index is 0.399. The van der Waals surface area contributed by atoms with Gasteiger partial charge in [-0.3, -0.25) is 0 Å². The van der Waals surface area contributed by atoms with Crippen LogP contribution in [0.5, 0.6) is 0 Å². The minimum Gasteiger partial charge on any atom is -0.310 e. The Balaban J connectivity index is 2.17. The largest absolute Gasteiger partial charge is 0.310 e. The lowest BCUT2D eigenvalue weighted by atomic mass is 10.3. The van der Waals surface area contributed by atoms with Crippen molar-refractivity contribution in [2.45, 2.75) is 37.6 Å². The smallest absolute Gasteiger partial charge is 0.252 e. The molecule has 0 spiro atoms. The molecule has 1 fully saturated rings. The second-order valence-electron chi connectivity index (χ2n) is 5.22. The summed E-state index contributed by atoms with van der Waals surface area (Å²) in [6.07, 6.45) is 0. The van der Waals surface area contributed by atoms with E-state index in [0.29, 0.717) is 23.3 Å². The molecule has 0 unspecified atom stereocenters. The van der Waals surface area contributed by atoms with Crippen molar-refractivity contribution >= 4 is 33.1 Å². The molecule has 0 atom stereocenters. The number of rotatable bonds is 5. The number of thioether (sulfide) groups is 1. The number of hydrogen-bond donors (Lipinski definition) is 1. The molecular formula is C13H22N2O2S3. The predicted octanol–water partition coefficient (Wildman–Crippen LogP) is 2.29. The van der Waals surface area contributed by atoms with Gasteiger partial charge in [-0.15, -0.1) is 11.3 Å². The molecule has 4 nitrogen and oxygen atoms in total. The van der Waals surface area contributed by atoms with Crippen molar-refractivity contribution in [1.29, 1.82) is 0 Å². The zero-order valence-electron chi connectivity index (χ0n) is 12.2. The van der Waals surface area contributed by atoms with Gasteiger partial charge in [0.15, 0.2) is 0 Å². The Labute approximate surface area is 130 Å². The fourth-order valence-electron chi connectivity index (χ4n) is 2.00. The van der Waals surface area contributed by atoms with Gasteiger partial charge in [0, 0.05) is 42.1 Å². The maximum Gasteiger partial charge on any atom is 0.252 e. The van der Waals surface area contributed by atoms with Gasteiger partial charge in [-0.25, -0.2) is 8.42 Å². The van der Waals surface area contributed by atoms with Gasteiger partial charge in [-0.2, -0.15) is 16.1 Å². The van der Waals surface area contributed by atoms with Gasteiger partial charge in [-0.05, 0) is 18.6 Å². The summed E-state index contributed by atoms with van der Waals surface area (Å²) in [5.74, 6) is 1.79. The average Bonchev–Trinajstić information content (AvgIpc) is 2.79. The van der Waals surface area contributed by atoms with Crippen LogP contribution >= 0.6 is 23.1 Å². The SMILES string of the molecule is Cc1cc(S(=O)(=O)N2CCSCC2)sc1CNC(C)C. The van der Waals surface area contributed by atoms with E-state index in [1.807, 2.05) is 24.8 Å². The van der Waals surface area contributed by atoms with Crippen molar-refractivity contribution in [2.24, 2.45) is 0 Å². The Bertz CT molecular complexity index is 546. The number of aryl methyl sites for hydroxylation is 1. The lowest BCUT2D eigenvalue weighted by molar-refractivity contribution is 0.445. The topological polar surface area (TPSA) is 49.4 Å². The summed E-state index contributed by atoms with van der Waals surface area (Å²) in [5.41, 5.74) is 1.06. The van der Waals surface area contributed by atoms with Crippen molar-refractivity contribution in [3.05, 3.63) is 16.5 Å². The Morgan fingerprint density at radius 3 is 2.60 bits per heavy atom. The molecule has 2 heterocycles. The number of nitrogens with one attached hydrogen (secondary N) is 1. The van der Waals surface area contributed by atoms with Gasteiger partial charge in [0.2, 0.25) is 0 Å². The van der Waals surface area contributed by atoms with E-state index in [1.165, 1.54) is 11.3 Å². The van der Waals surface area contributed by atoms with E-state index >= 15 is 0 Å². The molecule has 2 rings (SSSR count). The third-order valence-corrected chi connectivity index (χ3v) is 7.76. The first kappa shape index (κ1) is 16.3. The van der Waals surface area contributed by atoms with Crippen LogP contribution in [0.3, 0.4) is 0 Å². The Morgan fingerprint density at radius 1 is 1.35 bits per heavy atom. The van der Waals surface area contributed by atoms with Crippen molar-refractivity contribution in [3.8, 4) is 0 Å². The Morgan fingerprint density at radius 2 is 2.00 bits per heavy atom. The second kappa shape index (κ2) is 6.79. The molecule has 0 saturated carbocycles. The molecular weight excluding hydrogens is 312 g/mol. The molecule has 0 radical (unpaired) electrons. The maximum absolute atomic E-state index is 12.6. The van der Waals surface area contributed by atoms with Gasteiger partial charge >= 0.3 is 0 Å². The van der Waals surface area contributed by atoms with Crippen molar-refractivity contribution in [3.63, 3.8) is 0 Å². The van der Waals surface area contributed by atoms with Crippen molar-refractivity contribution in [1.82, 2.24) is 9.62 Å². The van der Waals surface area contributed by atoms with E-state index in [1.54, 1.807) is 4.31 Å². The van der Waals surface area contributed by atoms with Crippen LogP contribution in [0, 0.1) is 6.92 Å². The van der Waals surface area contributed by atoms with Gasteiger partial charge in [0.05, 0.1) is 0 Å². The van der Waals surface area contributed by atoms with Crippen LogP contribution in [-0.4, -0.2) is 43.4 Å². The minimum atomic E-state index is -3.29. The second-order valence-corrected chi connectivity index (χ2v) is 9.75. The van der Waals surface area contributed by atoms with Gasteiger partial charge < -0.3 is 5.32 Å². The molecule has 1 aliphatic rings. The summed E-state index contributed by atoms with van der Waals surface area (Å²) in [6.45, 7) is 8.16. The van der Waals surface area contributed by atoms with E-state index < -0.39 is 10.0 Å². The summed E-state index contributed by atoms with van der Waals surface area (Å²) in [7, 11) is -3.29. The highest BCUT2D eigenvalue weighted by Crippen LogP contribution is 2.29. The van der Waals surface area contributed by atoms with Gasteiger partial charge in [-0.1, -0.05) is 13.8 Å². The maximum atomic E-state index is 12.6. The molecule has 1 aliphatic heterocycles. The highest BCUT2D eigenvalue weighted by atomic mass is 32.2. The number of sulfonamides is 1. The first-order valence-electron chi connectivity index (χ1n) is 6.82. The number of thiophene rings is 1. The molecule has 0 aromatic carbocycles. The van der Waals surface area contributed by atoms with Crippen LogP contribution in [0.4, 0.5) is 0 Å². The lowest BCUT2D eigenvalue weighted by Gasteiger charge is -2.24. The molecule has 1 aromatic heterocycles. The summed E-state index contributed by atoms with van der Waals surface area (Å²) >= 11 is 3.22. The fraction of sp³-hybridized carbons (Fsp3) is 0.692. The van der Waals surface area contributed by atoms with Crippen LogP contribution in [0.25, 0.3) is 0 Å². The average molecular weight is 335 g/mol. The molecule has 1 saturated heterocycles. The van der Waals surface area contributed by atoms with E-state index in [9.17, 15) is 8.42 Å². The third-order valence-electron chi connectivity index (χ3n) is 3.23. The molecule has 7 heteroatoms. The van der Waals surface area contributed by atoms with Gasteiger partial charge in [0.1, 0.15) is 4.21 Å². The normalized spacial score (nSPS) is 17.8. The monoisotopic (exact) mass is 334 g/mol. The summed E-state index contributed by atoms with van der Waals surface area (Å²) < 4.78 is 27.3. The first-order valence-corrected chi connectivity index (χ1v) is 10.2. The number of hydrogen-bond acceptors (Lipinski definition) is 5. The molecule has 0 amide bonds. The first-order chi connectivity index (χ1) is 9.41. The van der Waals surface area contributed by atoms with Crippen molar-refractivity contribution in [2.75, 3.05) is 24.6 Å². The molecule has 114 valence electrons.